The van der Waals surface area contributed by atoms with E-state index in [2.05, 4.69) is 10.3 Å². The third kappa shape index (κ3) is 6.18. The monoisotopic (exact) mass is 492 g/mol. The Labute approximate surface area is 201 Å². The highest BCUT2D eigenvalue weighted by molar-refractivity contribution is 8.26. The molecular weight excluding hydrogens is 464 g/mol. The molecule has 1 fully saturated rings. The molecule has 3 rings (SSSR count). The van der Waals surface area contributed by atoms with Crippen LogP contribution in [0.5, 0.6) is 0 Å². The molecule has 0 atom stereocenters. The molecule has 1 aliphatic heterocycles. The summed E-state index contributed by atoms with van der Waals surface area (Å²) >= 11 is 6.57. The fourth-order valence-corrected chi connectivity index (χ4v) is 4.57. The van der Waals surface area contributed by atoms with Gasteiger partial charge in [-0.15, -0.1) is 0 Å². The van der Waals surface area contributed by atoms with E-state index in [1.807, 2.05) is 19.9 Å². The lowest BCUT2D eigenvalue weighted by atomic mass is 10.2. The Hall–Kier alpha value is -2.31. The van der Waals surface area contributed by atoms with Gasteiger partial charge in [0.05, 0.1) is 30.3 Å². The van der Waals surface area contributed by atoms with Crippen LogP contribution in [-0.2, 0) is 14.3 Å². The number of carbonyl (C=O) groups excluding carboxylic acids is 1. The average molecular weight is 493 g/mol. The van der Waals surface area contributed by atoms with Crippen molar-refractivity contribution in [3.05, 3.63) is 44.7 Å². The van der Waals surface area contributed by atoms with Crippen LogP contribution in [0.1, 0.15) is 24.5 Å². The Bertz CT molecular complexity index is 1100. The van der Waals surface area contributed by atoms with Crippen LogP contribution in [0.25, 0.3) is 11.7 Å². The number of aliphatic hydroxyl groups excluding tert-OH is 1. The van der Waals surface area contributed by atoms with E-state index in [1.165, 1.54) is 21.1 Å². The Morgan fingerprint density at radius 3 is 2.85 bits per heavy atom. The van der Waals surface area contributed by atoms with Crippen LogP contribution in [0.3, 0.4) is 0 Å². The molecule has 0 bridgehead atoms. The molecule has 0 unspecified atom stereocenters. The molecule has 0 aliphatic carbocycles. The molecule has 9 nitrogen and oxygen atoms in total. The van der Waals surface area contributed by atoms with Gasteiger partial charge in [-0.05, 0) is 38.0 Å². The summed E-state index contributed by atoms with van der Waals surface area (Å²) in [6.07, 6.45) is 3.89. The Morgan fingerprint density at radius 1 is 1.27 bits per heavy atom. The first-order valence-corrected chi connectivity index (χ1v) is 12.0. The van der Waals surface area contributed by atoms with Gasteiger partial charge in [0.1, 0.15) is 15.8 Å². The average Bonchev–Trinajstić information content (AvgIpc) is 3.06. The van der Waals surface area contributed by atoms with Gasteiger partial charge >= 0.3 is 0 Å². The number of nitrogens with one attached hydrogen (secondary N) is 1. The molecule has 1 saturated heterocycles. The zero-order valence-corrected chi connectivity index (χ0v) is 20.3. The highest BCUT2D eigenvalue weighted by atomic mass is 32.2. The normalized spacial score (nSPS) is 15.2. The van der Waals surface area contributed by atoms with Crippen LogP contribution >= 0.6 is 24.0 Å². The van der Waals surface area contributed by atoms with Crippen molar-refractivity contribution in [2.24, 2.45) is 0 Å². The summed E-state index contributed by atoms with van der Waals surface area (Å²) in [6.45, 7) is 6.31. The predicted molar refractivity (Wildman–Crippen MR) is 134 cm³/mol. The number of nitrogens with zero attached hydrogens (tertiary/aromatic N) is 3. The lowest BCUT2D eigenvalue weighted by Gasteiger charge is -2.14. The van der Waals surface area contributed by atoms with Crippen LogP contribution in [0.2, 0.25) is 0 Å². The number of ether oxygens (including phenoxy) is 2. The highest BCUT2D eigenvalue weighted by Gasteiger charge is 2.32. The van der Waals surface area contributed by atoms with E-state index < -0.39 is 0 Å². The SMILES string of the molecule is CCOCCCN1C(=O)/C(=C/c2c(NCCOCCO)nc3c(C)cccn3c2=O)SC1=S. The van der Waals surface area contributed by atoms with Crippen molar-refractivity contribution in [3.8, 4) is 0 Å². The van der Waals surface area contributed by atoms with Crippen molar-refractivity contribution in [2.75, 3.05) is 51.4 Å². The zero-order chi connectivity index (χ0) is 23.8. The molecule has 11 heteroatoms. The summed E-state index contributed by atoms with van der Waals surface area (Å²) in [6, 6.07) is 3.66. The second-order valence-electron chi connectivity index (χ2n) is 7.21. The van der Waals surface area contributed by atoms with Crippen molar-refractivity contribution >= 4 is 51.7 Å². The van der Waals surface area contributed by atoms with Crippen LogP contribution in [0, 0.1) is 6.92 Å². The standard InChI is InChI=1S/C22H28N4O5S2/c1-3-30-11-5-9-26-21(29)17(33-22(26)32)14-16-18(23-7-12-31-13-10-27)24-19-15(2)6-4-8-25(19)20(16)28/h4,6,8,14,23,27H,3,5,7,9-13H2,1-2H3/b17-14-. The number of thiocarbonyl (C=S) groups is 1. The van der Waals surface area contributed by atoms with Gasteiger partial charge in [0.25, 0.3) is 11.5 Å². The third-order valence-electron chi connectivity index (χ3n) is 4.88. The van der Waals surface area contributed by atoms with Gasteiger partial charge in [0, 0.05) is 32.5 Å². The maximum atomic E-state index is 13.3. The van der Waals surface area contributed by atoms with Gasteiger partial charge in [0.15, 0.2) is 0 Å². The third-order valence-corrected chi connectivity index (χ3v) is 6.26. The molecule has 1 amide bonds. The summed E-state index contributed by atoms with van der Waals surface area (Å²) in [5.41, 5.74) is 1.36. The second kappa shape index (κ2) is 12.2. The number of hydrogen-bond acceptors (Lipinski definition) is 9. The second-order valence-corrected chi connectivity index (χ2v) is 8.89. The number of aryl methyl sites for hydroxylation is 1. The van der Waals surface area contributed by atoms with E-state index in [1.54, 1.807) is 18.3 Å². The summed E-state index contributed by atoms with van der Waals surface area (Å²) in [5, 5.41) is 12.0. The fraction of sp³-hybridized carbons (Fsp3) is 0.455. The number of fused-ring (bicyclic) bond motifs is 1. The number of pyridine rings is 1. The van der Waals surface area contributed by atoms with Crippen LogP contribution in [-0.4, -0.2) is 75.7 Å². The zero-order valence-electron chi connectivity index (χ0n) is 18.7. The molecule has 2 aromatic heterocycles. The van der Waals surface area contributed by atoms with Crippen LogP contribution in [0.15, 0.2) is 28.0 Å². The number of hydrogen-bond donors (Lipinski definition) is 2. The van der Waals surface area contributed by atoms with E-state index in [4.69, 9.17) is 26.8 Å². The summed E-state index contributed by atoms with van der Waals surface area (Å²) < 4.78 is 12.6. The van der Waals surface area contributed by atoms with Crippen molar-refractivity contribution in [1.82, 2.24) is 14.3 Å². The van der Waals surface area contributed by atoms with Gasteiger partial charge in [-0.1, -0.05) is 30.0 Å². The molecule has 0 aromatic carbocycles. The summed E-state index contributed by atoms with van der Waals surface area (Å²) in [4.78, 5) is 32.9. The van der Waals surface area contributed by atoms with E-state index in [0.717, 1.165) is 5.56 Å². The van der Waals surface area contributed by atoms with Crippen molar-refractivity contribution in [2.45, 2.75) is 20.3 Å². The molecule has 3 heterocycles. The van der Waals surface area contributed by atoms with Gasteiger partial charge in [-0.25, -0.2) is 4.98 Å². The molecule has 2 N–H and O–H groups in total. The van der Waals surface area contributed by atoms with E-state index in [9.17, 15) is 9.59 Å². The van der Waals surface area contributed by atoms with Crippen molar-refractivity contribution in [3.63, 3.8) is 0 Å². The fourth-order valence-electron chi connectivity index (χ4n) is 3.28. The first-order chi connectivity index (χ1) is 16.0. The molecule has 2 aromatic rings. The van der Waals surface area contributed by atoms with Gasteiger partial charge in [-0.3, -0.25) is 18.9 Å². The summed E-state index contributed by atoms with van der Waals surface area (Å²) in [5.74, 6) is 0.135. The number of carbonyl (C=O) groups is 1. The molecule has 178 valence electrons. The number of thioether (sulfide) groups is 1. The number of aromatic nitrogens is 2. The maximum absolute atomic E-state index is 13.3. The van der Waals surface area contributed by atoms with Crippen LogP contribution in [0.4, 0.5) is 5.82 Å². The van der Waals surface area contributed by atoms with Crippen molar-refractivity contribution < 1.29 is 19.4 Å². The number of aliphatic hydroxyl groups is 1. The van der Waals surface area contributed by atoms with Gasteiger partial charge < -0.3 is 19.9 Å². The minimum atomic E-state index is -0.288. The van der Waals surface area contributed by atoms with Crippen LogP contribution < -0.4 is 10.9 Å². The van der Waals surface area contributed by atoms with Gasteiger partial charge in [0.2, 0.25) is 0 Å². The van der Waals surface area contributed by atoms with Crippen molar-refractivity contribution in [1.29, 1.82) is 0 Å². The summed E-state index contributed by atoms with van der Waals surface area (Å²) in [7, 11) is 0. The maximum Gasteiger partial charge on any atom is 0.267 e. The predicted octanol–water partition coefficient (Wildman–Crippen LogP) is 2.05. The van der Waals surface area contributed by atoms with E-state index in [0.29, 0.717) is 60.0 Å². The lowest BCUT2D eigenvalue weighted by Crippen LogP contribution is -2.29. The number of anilines is 1. The largest absolute Gasteiger partial charge is 0.394 e. The van der Waals surface area contributed by atoms with Gasteiger partial charge in [-0.2, -0.15) is 0 Å². The number of amides is 1. The molecule has 0 saturated carbocycles. The Balaban J connectivity index is 1.92. The Morgan fingerprint density at radius 2 is 2.09 bits per heavy atom. The quantitative estimate of drug-likeness (QED) is 0.262. The lowest BCUT2D eigenvalue weighted by molar-refractivity contribution is -0.122. The topological polar surface area (TPSA) is 105 Å². The number of rotatable bonds is 12. The smallest absolute Gasteiger partial charge is 0.267 e. The molecular formula is C22H28N4O5S2. The van der Waals surface area contributed by atoms with E-state index >= 15 is 0 Å². The molecule has 1 aliphatic rings. The Kier molecular flexibility index (Phi) is 9.39. The molecule has 0 radical (unpaired) electrons. The van der Waals surface area contributed by atoms with E-state index in [-0.39, 0.29) is 30.2 Å². The minimum absolute atomic E-state index is 0.0631. The molecule has 0 spiro atoms. The minimum Gasteiger partial charge on any atom is -0.394 e. The first-order valence-electron chi connectivity index (χ1n) is 10.8. The highest BCUT2D eigenvalue weighted by Crippen LogP contribution is 2.33. The molecule has 33 heavy (non-hydrogen) atoms. The first kappa shape index (κ1) is 25.3.